The van der Waals surface area contributed by atoms with E-state index < -0.39 is 0 Å². The summed E-state index contributed by atoms with van der Waals surface area (Å²) in [4.78, 5) is 0. The fourth-order valence-electron chi connectivity index (χ4n) is 1.23. The minimum absolute atomic E-state index is 0.856. The van der Waals surface area contributed by atoms with Crippen LogP contribution in [0.5, 0.6) is 5.75 Å². The summed E-state index contributed by atoms with van der Waals surface area (Å²) < 4.78 is 6.35. The third-order valence-electron chi connectivity index (χ3n) is 1.96. The Kier molecular flexibility index (Phi) is 3.75. The van der Waals surface area contributed by atoms with Gasteiger partial charge < -0.3 is 10.1 Å². The van der Waals surface area contributed by atoms with Gasteiger partial charge in [-0.1, -0.05) is 15.9 Å². The number of halogens is 1. The number of methoxy groups -OCH3 is 1. The molecule has 0 radical (unpaired) electrons. The fourth-order valence-corrected chi connectivity index (χ4v) is 1.71. The van der Waals surface area contributed by atoms with E-state index in [2.05, 4.69) is 33.4 Å². The van der Waals surface area contributed by atoms with Gasteiger partial charge in [0.05, 0.1) is 7.11 Å². The Labute approximate surface area is 87.4 Å². The molecule has 0 aliphatic carbocycles. The van der Waals surface area contributed by atoms with Crippen LogP contribution < -0.4 is 10.1 Å². The highest BCUT2D eigenvalue weighted by Crippen LogP contribution is 2.27. The van der Waals surface area contributed by atoms with E-state index in [1.165, 1.54) is 5.56 Å². The average molecular weight is 244 g/mol. The Balaban J connectivity index is 3.06. The van der Waals surface area contributed by atoms with Crippen molar-refractivity contribution in [3.05, 3.63) is 27.7 Å². The van der Waals surface area contributed by atoms with Gasteiger partial charge >= 0.3 is 0 Å². The van der Waals surface area contributed by atoms with E-state index in [1.807, 2.05) is 14.0 Å². The van der Waals surface area contributed by atoms with E-state index in [4.69, 9.17) is 4.74 Å². The maximum Gasteiger partial charge on any atom is 0.123 e. The van der Waals surface area contributed by atoms with Gasteiger partial charge in [-0.25, -0.2) is 0 Å². The third kappa shape index (κ3) is 2.45. The van der Waals surface area contributed by atoms with E-state index in [-0.39, 0.29) is 0 Å². The van der Waals surface area contributed by atoms with Gasteiger partial charge in [-0.3, -0.25) is 0 Å². The van der Waals surface area contributed by atoms with Crippen molar-refractivity contribution >= 4 is 15.9 Å². The number of nitrogens with one attached hydrogen (secondary N) is 1. The van der Waals surface area contributed by atoms with Crippen molar-refractivity contribution in [1.29, 1.82) is 0 Å². The predicted octanol–water partition coefficient (Wildman–Crippen LogP) is 2.49. The molecule has 3 heteroatoms. The standard InChI is InChI=1S/C10H14BrNO/c1-7-9(11)4-8(6-12-2)5-10(7)13-3/h4-5,12H,6H2,1-3H3. The molecule has 0 bridgehead atoms. The van der Waals surface area contributed by atoms with Crippen LogP contribution in [0.4, 0.5) is 0 Å². The molecule has 0 fully saturated rings. The van der Waals surface area contributed by atoms with E-state index >= 15 is 0 Å². The highest BCUT2D eigenvalue weighted by Gasteiger charge is 2.04. The molecule has 1 N–H and O–H groups in total. The van der Waals surface area contributed by atoms with Crippen molar-refractivity contribution in [1.82, 2.24) is 5.32 Å². The molecule has 0 spiro atoms. The summed E-state index contributed by atoms with van der Waals surface area (Å²) in [7, 11) is 3.62. The summed E-state index contributed by atoms with van der Waals surface area (Å²) in [5, 5.41) is 3.11. The van der Waals surface area contributed by atoms with Gasteiger partial charge in [-0.2, -0.15) is 0 Å². The first-order chi connectivity index (χ1) is 6.19. The third-order valence-corrected chi connectivity index (χ3v) is 2.78. The Hall–Kier alpha value is -0.540. The minimum Gasteiger partial charge on any atom is -0.496 e. The molecule has 0 aliphatic rings. The van der Waals surface area contributed by atoms with Crippen molar-refractivity contribution in [3.8, 4) is 5.75 Å². The van der Waals surface area contributed by atoms with Crippen molar-refractivity contribution in [2.24, 2.45) is 0 Å². The predicted molar refractivity (Wildman–Crippen MR) is 58.2 cm³/mol. The quantitative estimate of drug-likeness (QED) is 0.881. The first kappa shape index (κ1) is 10.5. The van der Waals surface area contributed by atoms with Gasteiger partial charge in [0.25, 0.3) is 0 Å². The fraction of sp³-hybridized carbons (Fsp3) is 0.400. The summed E-state index contributed by atoms with van der Waals surface area (Å²) in [6.45, 7) is 2.89. The van der Waals surface area contributed by atoms with E-state index in [1.54, 1.807) is 7.11 Å². The van der Waals surface area contributed by atoms with E-state index in [0.717, 1.165) is 22.3 Å². The molecule has 72 valence electrons. The highest BCUT2D eigenvalue weighted by molar-refractivity contribution is 9.10. The summed E-state index contributed by atoms with van der Waals surface area (Å²) in [6.07, 6.45) is 0. The molecular weight excluding hydrogens is 230 g/mol. The Morgan fingerprint density at radius 1 is 1.46 bits per heavy atom. The number of rotatable bonds is 3. The summed E-state index contributed by atoms with van der Waals surface area (Å²) in [6, 6.07) is 4.16. The van der Waals surface area contributed by atoms with Gasteiger partial charge in [-0.05, 0) is 31.7 Å². The first-order valence-corrected chi connectivity index (χ1v) is 4.96. The Morgan fingerprint density at radius 3 is 2.69 bits per heavy atom. The Bertz CT molecular complexity index is 299. The smallest absolute Gasteiger partial charge is 0.123 e. The number of benzene rings is 1. The van der Waals surface area contributed by atoms with Crippen LogP contribution in [0.15, 0.2) is 16.6 Å². The molecule has 1 aromatic carbocycles. The highest BCUT2D eigenvalue weighted by atomic mass is 79.9. The molecule has 2 nitrogen and oxygen atoms in total. The van der Waals surface area contributed by atoms with Crippen LogP contribution in [0.3, 0.4) is 0 Å². The SMILES string of the molecule is CNCc1cc(Br)c(C)c(OC)c1. The molecule has 0 aromatic heterocycles. The topological polar surface area (TPSA) is 21.3 Å². The zero-order valence-electron chi connectivity index (χ0n) is 8.15. The molecule has 0 aliphatic heterocycles. The molecule has 0 saturated carbocycles. The maximum atomic E-state index is 5.26. The largest absolute Gasteiger partial charge is 0.496 e. The number of ether oxygens (including phenoxy) is 1. The van der Waals surface area contributed by atoms with Gasteiger partial charge in [0.15, 0.2) is 0 Å². The molecule has 0 atom stereocenters. The van der Waals surface area contributed by atoms with Gasteiger partial charge in [0, 0.05) is 16.6 Å². The molecule has 1 aromatic rings. The van der Waals surface area contributed by atoms with E-state index in [9.17, 15) is 0 Å². The lowest BCUT2D eigenvalue weighted by Crippen LogP contribution is -2.05. The lowest BCUT2D eigenvalue weighted by atomic mass is 10.1. The molecule has 1 rings (SSSR count). The van der Waals surface area contributed by atoms with Crippen molar-refractivity contribution in [2.75, 3.05) is 14.2 Å². The lowest BCUT2D eigenvalue weighted by molar-refractivity contribution is 0.410. The number of hydrogen-bond donors (Lipinski definition) is 1. The van der Waals surface area contributed by atoms with Crippen LogP contribution >= 0.6 is 15.9 Å². The van der Waals surface area contributed by atoms with Crippen molar-refractivity contribution < 1.29 is 4.74 Å². The number of hydrogen-bond acceptors (Lipinski definition) is 2. The Morgan fingerprint density at radius 2 is 2.15 bits per heavy atom. The van der Waals surface area contributed by atoms with Gasteiger partial charge in [0.1, 0.15) is 5.75 Å². The van der Waals surface area contributed by atoms with Gasteiger partial charge in [-0.15, -0.1) is 0 Å². The zero-order valence-corrected chi connectivity index (χ0v) is 9.73. The van der Waals surface area contributed by atoms with Crippen LogP contribution in [0.2, 0.25) is 0 Å². The molecule has 0 unspecified atom stereocenters. The minimum atomic E-state index is 0.856. The van der Waals surface area contributed by atoms with Crippen molar-refractivity contribution in [3.63, 3.8) is 0 Å². The molecular formula is C10H14BrNO. The monoisotopic (exact) mass is 243 g/mol. The molecule has 0 saturated heterocycles. The van der Waals surface area contributed by atoms with Crippen LogP contribution in [-0.4, -0.2) is 14.2 Å². The first-order valence-electron chi connectivity index (χ1n) is 4.16. The second kappa shape index (κ2) is 4.63. The second-order valence-electron chi connectivity index (χ2n) is 2.94. The second-order valence-corrected chi connectivity index (χ2v) is 3.79. The summed E-state index contributed by atoms with van der Waals surface area (Å²) in [5.74, 6) is 0.930. The van der Waals surface area contributed by atoms with E-state index in [0.29, 0.717) is 0 Å². The van der Waals surface area contributed by atoms with Crippen LogP contribution in [0.1, 0.15) is 11.1 Å². The lowest BCUT2D eigenvalue weighted by Gasteiger charge is -2.09. The van der Waals surface area contributed by atoms with Crippen LogP contribution in [0.25, 0.3) is 0 Å². The zero-order chi connectivity index (χ0) is 9.84. The van der Waals surface area contributed by atoms with Crippen LogP contribution in [0, 0.1) is 6.92 Å². The van der Waals surface area contributed by atoms with Crippen LogP contribution in [-0.2, 0) is 6.54 Å². The van der Waals surface area contributed by atoms with Crippen molar-refractivity contribution in [2.45, 2.75) is 13.5 Å². The average Bonchev–Trinajstić information content (AvgIpc) is 2.11. The summed E-state index contributed by atoms with van der Waals surface area (Å²) in [5.41, 5.74) is 2.36. The summed E-state index contributed by atoms with van der Waals surface area (Å²) >= 11 is 3.50. The van der Waals surface area contributed by atoms with Gasteiger partial charge in [0.2, 0.25) is 0 Å². The normalized spacial score (nSPS) is 10.2. The molecule has 0 heterocycles. The molecule has 0 amide bonds. The molecule has 13 heavy (non-hydrogen) atoms. The maximum absolute atomic E-state index is 5.26.